The molecule has 2 aromatic carbocycles. The summed E-state index contributed by atoms with van der Waals surface area (Å²) in [6.45, 7) is 4.13. The van der Waals surface area contributed by atoms with E-state index in [1.165, 1.54) is 0 Å². The Morgan fingerprint density at radius 3 is 2.29 bits per heavy atom. The number of anilines is 1. The molecule has 0 aliphatic heterocycles. The maximum Gasteiger partial charge on any atom is 0.244 e. The van der Waals surface area contributed by atoms with E-state index >= 15 is 0 Å². The van der Waals surface area contributed by atoms with Crippen molar-refractivity contribution in [2.45, 2.75) is 20.4 Å². The Labute approximate surface area is 145 Å². The largest absolute Gasteiger partial charge is 0.325 e. The van der Waals surface area contributed by atoms with Gasteiger partial charge in [-0.3, -0.25) is 14.5 Å². The highest BCUT2D eigenvalue weighted by Crippen LogP contribution is 2.18. The minimum atomic E-state index is -0.148. The number of carbonyl (C=O) groups excluding carboxylic acids is 1. The smallest absolute Gasteiger partial charge is 0.244 e. The molecule has 122 valence electrons. The van der Waals surface area contributed by atoms with E-state index in [2.05, 4.69) is 15.5 Å². The lowest BCUT2D eigenvalue weighted by Gasteiger charge is -2.09. The molecule has 3 rings (SSSR count). The van der Waals surface area contributed by atoms with E-state index in [0.29, 0.717) is 10.6 Å². The fraction of sp³-hybridized carbons (Fsp3) is 0.167. The Hall–Kier alpha value is -2.73. The maximum absolute atomic E-state index is 12.3. The first-order chi connectivity index (χ1) is 11.5. The fourth-order valence-corrected chi connectivity index (χ4v) is 2.57. The van der Waals surface area contributed by atoms with Crippen molar-refractivity contribution in [1.29, 1.82) is 0 Å². The van der Waals surface area contributed by atoms with Gasteiger partial charge in [0.1, 0.15) is 6.54 Å². The average molecular weight is 338 g/mol. The van der Waals surface area contributed by atoms with Crippen LogP contribution in [-0.4, -0.2) is 20.7 Å². The molecule has 2 N–H and O–H groups in total. The third kappa shape index (κ3) is 3.60. The summed E-state index contributed by atoms with van der Waals surface area (Å²) in [4.78, 5) is 12.3. The fourth-order valence-electron chi connectivity index (χ4n) is 2.37. The van der Waals surface area contributed by atoms with Gasteiger partial charge in [-0.05, 0) is 38.2 Å². The average Bonchev–Trinajstić information content (AvgIpc) is 2.91. The molecule has 5 nitrogen and oxygen atoms in total. The van der Waals surface area contributed by atoms with Gasteiger partial charge in [-0.15, -0.1) is 0 Å². The second kappa shape index (κ2) is 6.80. The third-order valence-corrected chi connectivity index (χ3v) is 4.02. The maximum atomic E-state index is 12.3. The van der Waals surface area contributed by atoms with E-state index < -0.39 is 0 Å². The third-order valence-electron chi connectivity index (χ3n) is 3.71. The van der Waals surface area contributed by atoms with Crippen LogP contribution in [0.4, 0.5) is 5.69 Å². The topological polar surface area (TPSA) is 62.7 Å². The van der Waals surface area contributed by atoms with Gasteiger partial charge in [-0.2, -0.15) is 5.10 Å². The van der Waals surface area contributed by atoms with E-state index in [1.54, 1.807) is 4.57 Å². The zero-order chi connectivity index (χ0) is 17.1. The minimum Gasteiger partial charge on any atom is -0.325 e. The first-order valence-electron chi connectivity index (χ1n) is 7.62. The Balaban J connectivity index is 1.81. The van der Waals surface area contributed by atoms with Crippen LogP contribution in [0.1, 0.15) is 11.1 Å². The quantitative estimate of drug-likeness (QED) is 0.710. The van der Waals surface area contributed by atoms with Crippen LogP contribution in [0.15, 0.2) is 48.5 Å². The Morgan fingerprint density at radius 2 is 1.67 bits per heavy atom. The summed E-state index contributed by atoms with van der Waals surface area (Å²) in [7, 11) is 0. The highest BCUT2D eigenvalue weighted by Gasteiger charge is 2.12. The number of aromatic amines is 1. The molecule has 1 amide bonds. The molecule has 0 saturated heterocycles. The van der Waals surface area contributed by atoms with Gasteiger partial charge < -0.3 is 5.32 Å². The highest BCUT2D eigenvalue weighted by atomic mass is 32.1. The molecule has 0 unspecified atom stereocenters. The van der Waals surface area contributed by atoms with Crippen molar-refractivity contribution in [3.8, 4) is 11.4 Å². The lowest BCUT2D eigenvalue weighted by Crippen LogP contribution is -2.19. The number of H-pyrrole nitrogens is 1. The van der Waals surface area contributed by atoms with E-state index in [-0.39, 0.29) is 12.5 Å². The van der Waals surface area contributed by atoms with Crippen LogP contribution >= 0.6 is 12.2 Å². The van der Waals surface area contributed by atoms with Crippen molar-refractivity contribution in [3.05, 3.63) is 64.4 Å². The number of aromatic nitrogens is 3. The van der Waals surface area contributed by atoms with Gasteiger partial charge in [0.25, 0.3) is 0 Å². The summed E-state index contributed by atoms with van der Waals surface area (Å²) < 4.78 is 2.12. The second-order valence-electron chi connectivity index (χ2n) is 5.72. The van der Waals surface area contributed by atoms with Crippen molar-refractivity contribution in [2.24, 2.45) is 0 Å². The number of carbonyl (C=O) groups is 1. The number of hydrogen-bond donors (Lipinski definition) is 2. The Bertz CT molecular complexity index is 907. The predicted molar refractivity (Wildman–Crippen MR) is 97.4 cm³/mol. The molecular formula is C18H18N4OS. The molecule has 24 heavy (non-hydrogen) atoms. The van der Waals surface area contributed by atoms with Crippen LogP contribution in [0.25, 0.3) is 11.4 Å². The Morgan fingerprint density at radius 1 is 1.08 bits per heavy atom. The molecule has 0 aliphatic rings. The summed E-state index contributed by atoms with van der Waals surface area (Å²) in [5, 5.41) is 9.89. The zero-order valence-corrected chi connectivity index (χ0v) is 14.4. The van der Waals surface area contributed by atoms with Gasteiger partial charge in [-0.1, -0.05) is 47.5 Å². The van der Waals surface area contributed by atoms with Gasteiger partial charge in [0.05, 0.1) is 0 Å². The van der Waals surface area contributed by atoms with Gasteiger partial charge in [0, 0.05) is 11.3 Å². The number of nitrogens with zero attached hydrogens (tertiary/aromatic N) is 2. The molecule has 1 heterocycles. The van der Waals surface area contributed by atoms with E-state index in [1.807, 2.05) is 62.4 Å². The normalized spacial score (nSPS) is 10.6. The van der Waals surface area contributed by atoms with Crippen LogP contribution in [0.5, 0.6) is 0 Å². The van der Waals surface area contributed by atoms with Crippen molar-refractivity contribution in [2.75, 3.05) is 5.32 Å². The SMILES string of the molecule is Cc1ccc(NC(=O)Cn2c(-c3ccc(C)cc3)n[nH]c2=S)cc1. The number of rotatable bonds is 4. The number of amides is 1. The van der Waals surface area contributed by atoms with Crippen LogP contribution in [0.3, 0.4) is 0 Å². The van der Waals surface area contributed by atoms with E-state index in [4.69, 9.17) is 12.2 Å². The number of aryl methyl sites for hydroxylation is 2. The summed E-state index contributed by atoms with van der Waals surface area (Å²) in [6, 6.07) is 15.6. The molecule has 3 aromatic rings. The monoisotopic (exact) mass is 338 g/mol. The van der Waals surface area contributed by atoms with Crippen molar-refractivity contribution >= 4 is 23.8 Å². The van der Waals surface area contributed by atoms with Crippen LogP contribution in [0.2, 0.25) is 0 Å². The number of hydrogen-bond acceptors (Lipinski definition) is 3. The van der Waals surface area contributed by atoms with Crippen molar-refractivity contribution in [3.63, 3.8) is 0 Å². The molecule has 0 fully saturated rings. The first-order valence-corrected chi connectivity index (χ1v) is 8.02. The molecule has 6 heteroatoms. The lowest BCUT2D eigenvalue weighted by molar-refractivity contribution is -0.116. The summed E-state index contributed by atoms with van der Waals surface area (Å²) in [6.07, 6.45) is 0. The number of nitrogens with one attached hydrogen (secondary N) is 2. The summed E-state index contributed by atoms with van der Waals surface area (Å²) >= 11 is 5.26. The number of benzene rings is 2. The molecule has 0 bridgehead atoms. The summed E-state index contributed by atoms with van der Waals surface area (Å²) in [5.74, 6) is 0.503. The molecule has 1 aromatic heterocycles. The molecule has 0 saturated carbocycles. The van der Waals surface area contributed by atoms with Crippen molar-refractivity contribution < 1.29 is 4.79 Å². The lowest BCUT2D eigenvalue weighted by atomic mass is 10.1. The van der Waals surface area contributed by atoms with Crippen LogP contribution < -0.4 is 5.32 Å². The molecule has 0 aliphatic carbocycles. The van der Waals surface area contributed by atoms with E-state index in [9.17, 15) is 4.79 Å². The van der Waals surface area contributed by atoms with E-state index in [0.717, 1.165) is 22.4 Å². The first kappa shape index (κ1) is 16.1. The van der Waals surface area contributed by atoms with Gasteiger partial charge in [-0.25, -0.2) is 0 Å². The van der Waals surface area contributed by atoms with Gasteiger partial charge >= 0.3 is 0 Å². The highest BCUT2D eigenvalue weighted by molar-refractivity contribution is 7.71. The standard InChI is InChI=1S/C18H18N4OS/c1-12-3-7-14(8-4-12)17-20-21-18(24)22(17)11-16(23)19-15-9-5-13(2)6-10-15/h3-10H,11H2,1-2H3,(H,19,23)(H,21,24). The molecular weight excluding hydrogens is 320 g/mol. The second-order valence-corrected chi connectivity index (χ2v) is 6.11. The molecule has 0 atom stereocenters. The minimum absolute atomic E-state index is 0.104. The van der Waals surface area contributed by atoms with Crippen LogP contribution in [-0.2, 0) is 11.3 Å². The van der Waals surface area contributed by atoms with Gasteiger partial charge in [0.2, 0.25) is 5.91 Å². The molecule has 0 radical (unpaired) electrons. The van der Waals surface area contributed by atoms with Crippen molar-refractivity contribution in [1.82, 2.24) is 14.8 Å². The van der Waals surface area contributed by atoms with Crippen LogP contribution in [0, 0.1) is 18.6 Å². The summed E-state index contributed by atoms with van der Waals surface area (Å²) in [5.41, 5.74) is 3.98. The zero-order valence-electron chi connectivity index (χ0n) is 13.5. The van der Waals surface area contributed by atoms with Gasteiger partial charge in [0.15, 0.2) is 10.6 Å². The molecule has 0 spiro atoms. The Kier molecular flexibility index (Phi) is 4.57. The predicted octanol–water partition coefficient (Wildman–Crippen LogP) is 3.86.